The van der Waals surface area contributed by atoms with Crippen molar-refractivity contribution < 1.29 is 9.32 Å². The van der Waals surface area contributed by atoms with Gasteiger partial charge in [0.1, 0.15) is 5.52 Å². The number of fused-ring (bicyclic) bond motifs is 1. The summed E-state index contributed by atoms with van der Waals surface area (Å²) in [7, 11) is 0. The van der Waals surface area contributed by atoms with Gasteiger partial charge < -0.3 is 15.2 Å². The maximum atomic E-state index is 12.2. The minimum Gasteiger partial charge on any atom is -0.355 e. The van der Waals surface area contributed by atoms with E-state index in [2.05, 4.69) is 36.4 Å². The number of carbonyl (C=O) groups is 1. The lowest BCUT2D eigenvalue weighted by molar-refractivity contribution is -0.117. The first-order chi connectivity index (χ1) is 13.8. The number of carbonyl (C=O) groups excluding carboxylic acids is 1. The fourth-order valence-electron chi connectivity index (χ4n) is 3.42. The number of aromatic nitrogens is 5. The van der Waals surface area contributed by atoms with Crippen molar-refractivity contribution in [3.8, 4) is 22.7 Å². The zero-order valence-electron chi connectivity index (χ0n) is 14.8. The van der Waals surface area contributed by atoms with Crippen LogP contribution in [0.4, 0.5) is 5.69 Å². The zero-order chi connectivity index (χ0) is 18.9. The van der Waals surface area contributed by atoms with E-state index in [4.69, 9.17) is 4.52 Å². The number of rotatable bonds is 4. The molecule has 3 heterocycles. The number of hydrogen-bond donors (Lipinski definition) is 3. The first kappa shape index (κ1) is 16.6. The molecular formula is C19H17N7O2. The van der Waals surface area contributed by atoms with E-state index in [9.17, 15) is 4.79 Å². The second kappa shape index (κ2) is 6.86. The van der Waals surface area contributed by atoms with E-state index in [1.165, 1.54) is 0 Å². The molecule has 9 heteroatoms. The van der Waals surface area contributed by atoms with Crippen LogP contribution in [-0.4, -0.2) is 44.3 Å². The predicted octanol–water partition coefficient (Wildman–Crippen LogP) is 2.37. The Morgan fingerprint density at radius 3 is 2.75 bits per heavy atom. The van der Waals surface area contributed by atoms with Gasteiger partial charge in [-0.05, 0) is 67.1 Å². The number of benzene rings is 2. The molecule has 4 aromatic rings. The third kappa shape index (κ3) is 3.01. The van der Waals surface area contributed by atoms with Crippen molar-refractivity contribution in [3.05, 3.63) is 42.5 Å². The second-order valence-electron chi connectivity index (χ2n) is 6.69. The molecule has 0 aliphatic carbocycles. The van der Waals surface area contributed by atoms with Gasteiger partial charge in [0.25, 0.3) is 0 Å². The minimum absolute atomic E-state index is 0.000110. The van der Waals surface area contributed by atoms with E-state index >= 15 is 0 Å². The average molecular weight is 375 g/mol. The monoisotopic (exact) mass is 375 g/mol. The molecule has 5 rings (SSSR count). The number of tetrazole rings is 1. The molecule has 0 unspecified atom stereocenters. The van der Waals surface area contributed by atoms with Crippen LogP contribution in [0.3, 0.4) is 0 Å². The third-order valence-electron chi connectivity index (χ3n) is 4.87. The largest absolute Gasteiger partial charge is 0.355 e. The summed E-state index contributed by atoms with van der Waals surface area (Å²) in [6.45, 7) is 0.890. The number of hydrogen-bond acceptors (Lipinski definition) is 7. The Labute approximate surface area is 159 Å². The molecule has 0 radical (unpaired) electrons. The highest BCUT2D eigenvalue weighted by molar-refractivity contribution is 5.96. The third-order valence-corrected chi connectivity index (χ3v) is 4.87. The summed E-state index contributed by atoms with van der Waals surface area (Å²) in [4.78, 5) is 12.2. The van der Waals surface area contributed by atoms with Gasteiger partial charge in [-0.1, -0.05) is 5.16 Å². The number of aromatic amines is 1. The first-order valence-electron chi connectivity index (χ1n) is 9.06. The molecule has 9 nitrogen and oxygen atoms in total. The molecule has 28 heavy (non-hydrogen) atoms. The van der Waals surface area contributed by atoms with Crippen molar-refractivity contribution in [2.24, 2.45) is 0 Å². The lowest BCUT2D eigenvalue weighted by atomic mass is 10.1. The number of nitrogens with one attached hydrogen (secondary N) is 3. The molecule has 1 aliphatic rings. The molecule has 2 aromatic heterocycles. The van der Waals surface area contributed by atoms with E-state index in [0.717, 1.165) is 47.1 Å². The molecule has 1 atom stereocenters. The van der Waals surface area contributed by atoms with Crippen LogP contribution in [0, 0.1) is 0 Å². The smallest absolute Gasteiger partial charge is 0.241 e. The van der Waals surface area contributed by atoms with Crippen LogP contribution in [0.2, 0.25) is 0 Å². The van der Waals surface area contributed by atoms with E-state index in [0.29, 0.717) is 11.6 Å². The second-order valence-corrected chi connectivity index (χ2v) is 6.69. The van der Waals surface area contributed by atoms with Crippen molar-refractivity contribution in [2.45, 2.75) is 18.9 Å². The van der Waals surface area contributed by atoms with Crippen LogP contribution in [0.1, 0.15) is 12.8 Å². The van der Waals surface area contributed by atoms with Crippen LogP contribution in [0.15, 0.2) is 47.0 Å². The molecule has 1 saturated heterocycles. The van der Waals surface area contributed by atoms with E-state index in [-0.39, 0.29) is 11.9 Å². The molecule has 3 N–H and O–H groups in total. The van der Waals surface area contributed by atoms with Gasteiger partial charge >= 0.3 is 0 Å². The summed E-state index contributed by atoms with van der Waals surface area (Å²) in [5.74, 6) is 1.16. The Morgan fingerprint density at radius 2 is 2.00 bits per heavy atom. The highest BCUT2D eigenvalue weighted by Gasteiger charge is 2.22. The fraction of sp³-hybridized carbons (Fsp3) is 0.211. The number of nitrogens with zero attached hydrogens (tertiary/aromatic N) is 4. The summed E-state index contributed by atoms with van der Waals surface area (Å²) in [5, 5.41) is 25.2. The number of H-pyrrole nitrogens is 1. The lowest BCUT2D eigenvalue weighted by Gasteiger charge is -2.11. The number of anilines is 1. The first-order valence-corrected chi connectivity index (χ1v) is 9.06. The molecule has 0 saturated carbocycles. The summed E-state index contributed by atoms with van der Waals surface area (Å²) < 4.78 is 5.56. The van der Waals surface area contributed by atoms with Crippen molar-refractivity contribution in [2.75, 3.05) is 11.9 Å². The summed E-state index contributed by atoms with van der Waals surface area (Å²) in [5.41, 5.74) is 3.18. The molecular weight excluding hydrogens is 358 g/mol. The Kier molecular flexibility index (Phi) is 4.06. The Morgan fingerprint density at radius 1 is 1.14 bits per heavy atom. The van der Waals surface area contributed by atoms with E-state index < -0.39 is 0 Å². The van der Waals surface area contributed by atoms with E-state index in [1.54, 1.807) is 0 Å². The summed E-state index contributed by atoms with van der Waals surface area (Å²) >= 11 is 0. The van der Waals surface area contributed by atoms with Gasteiger partial charge in [0.05, 0.1) is 11.4 Å². The molecule has 2 aromatic carbocycles. The minimum atomic E-state index is -0.110. The Hall–Kier alpha value is -3.59. The standard InChI is InChI=1S/C19H17N7O2/c27-19(16-2-1-9-20-16)21-13-6-3-11(4-7-13)17-14-10-12(18-22-25-26-23-18)5-8-15(14)24-28-17/h3-8,10,16,20H,1-2,9H2,(H,21,27)(H,22,23,25,26)/t16-/m0/s1. The van der Waals surface area contributed by atoms with Crippen LogP contribution < -0.4 is 10.6 Å². The molecule has 1 amide bonds. The number of amides is 1. The Bertz CT molecular complexity index is 1110. The van der Waals surface area contributed by atoms with Crippen molar-refractivity contribution >= 4 is 22.5 Å². The van der Waals surface area contributed by atoms with Gasteiger partial charge in [0.15, 0.2) is 5.76 Å². The highest BCUT2D eigenvalue weighted by Crippen LogP contribution is 2.31. The lowest BCUT2D eigenvalue weighted by Crippen LogP contribution is -2.35. The Balaban J connectivity index is 1.42. The van der Waals surface area contributed by atoms with Gasteiger partial charge in [-0.2, -0.15) is 5.21 Å². The summed E-state index contributed by atoms with van der Waals surface area (Å²) in [6.07, 6.45) is 1.90. The maximum Gasteiger partial charge on any atom is 0.241 e. The zero-order valence-corrected chi connectivity index (χ0v) is 14.8. The molecule has 0 spiro atoms. The maximum absolute atomic E-state index is 12.2. The van der Waals surface area contributed by atoms with Crippen molar-refractivity contribution in [3.63, 3.8) is 0 Å². The van der Waals surface area contributed by atoms with Gasteiger partial charge in [0, 0.05) is 16.8 Å². The normalized spacial score (nSPS) is 16.5. The van der Waals surface area contributed by atoms with Crippen LogP contribution >= 0.6 is 0 Å². The van der Waals surface area contributed by atoms with Gasteiger partial charge in [0.2, 0.25) is 11.7 Å². The van der Waals surface area contributed by atoms with Crippen LogP contribution in [-0.2, 0) is 4.79 Å². The van der Waals surface area contributed by atoms with Crippen LogP contribution in [0.25, 0.3) is 33.6 Å². The van der Waals surface area contributed by atoms with Crippen molar-refractivity contribution in [1.82, 2.24) is 31.1 Å². The molecule has 1 aliphatic heterocycles. The summed E-state index contributed by atoms with van der Waals surface area (Å²) in [6, 6.07) is 13.1. The average Bonchev–Trinajstić information content (AvgIpc) is 3.49. The molecule has 140 valence electrons. The van der Waals surface area contributed by atoms with Gasteiger partial charge in [-0.25, -0.2) is 0 Å². The topological polar surface area (TPSA) is 122 Å². The fourth-order valence-corrected chi connectivity index (χ4v) is 3.42. The molecule has 1 fully saturated rings. The van der Waals surface area contributed by atoms with Gasteiger partial charge in [-0.3, -0.25) is 4.79 Å². The molecule has 0 bridgehead atoms. The quantitative estimate of drug-likeness (QED) is 0.500. The van der Waals surface area contributed by atoms with Gasteiger partial charge in [-0.15, -0.1) is 10.2 Å². The SMILES string of the molecule is O=C(Nc1ccc(-c2onc3ccc(-c4nn[nH]n4)cc23)cc1)[C@@H]1CCCN1. The predicted molar refractivity (Wildman–Crippen MR) is 102 cm³/mol. The van der Waals surface area contributed by atoms with Crippen molar-refractivity contribution in [1.29, 1.82) is 0 Å². The van der Waals surface area contributed by atoms with Crippen LogP contribution in [0.5, 0.6) is 0 Å². The highest BCUT2D eigenvalue weighted by atomic mass is 16.5. The van der Waals surface area contributed by atoms with E-state index in [1.807, 2.05) is 42.5 Å².